The van der Waals surface area contributed by atoms with E-state index in [0.717, 1.165) is 11.1 Å². The van der Waals surface area contributed by atoms with Crippen molar-refractivity contribution in [3.63, 3.8) is 0 Å². The van der Waals surface area contributed by atoms with Crippen LogP contribution in [0.3, 0.4) is 0 Å². The minimum absolute atomic E-state index is 0.418. The molecule has 0 saturated carbocycles. The normalized spacial score (nSPS) is 17.3. The van der Waals surface area contributed by atoms with Gasteiger partial charge in [-0.3, -0.25) is 0 Å². The molecule has 0 bridgehead atoms. The van der Waals surface area contributed by atoms with Crippen molar-refractivity contribution in [2.24, 2.45) is 0 Å². The largest absolute Gasteiger partial charge is 0.428 e. The maximum Gasteiger partial charge on any atom is 0.341 e. The van der Waals surface area contributed by atoms with E-state index in [9.17, 15) is 9.90 Å². The van der Waals surface area contributed by atoms with Gasteiger partial charge in [0.25, 0.3) is 0 Å². The molecule has 1 N–H and O–H groups in total. The fraction of sp³-hybridized carbons (Fsp3) is 0.0625. The van der Waals surface area contributed by atoms with Crippen LogP contribution in [0.15, 0.2) is 42.5 Å². The third kappa shape index (κ3) is 2.46. The van der Waals surface area contributed by atoms with E-state index in [4.69, 9.17) is 16.3 Å². The highest BCUT2D eigenvalue weighted by Crippen LogP contribution is 2.29. The Morgan fingerprint density at radius 1 is 1.05 bits per heavy atom. The van der Waals surface area contributed by atoms with E-state index in [2.05, 4.69) is 0 Å². The summed E-state index contributed by atoms with van der Waals surface area (Å²) in [5.41, 5.74) is 2.83. The summed E-state index contributed by atoms with van der Waals surface area (Å²) in [5, 5.41) is 10.3. The van der Waals surface area contributed by atoms with Crippen molar-refractivity contribution in [3.05, 3.63) is 69.7 Å². The molecule has 2 aromatic carbocycles. The van der Waals surface area contributed by atoms with Gasteiger partial charge in [-0.25, -0.2) is 4.79 Å². The van der Waals surface area contributed by atoms with Crippen molar-refractivity contribution in [3.8, 4) is 0 Å². The molecule has 1 aliphatic rings. The number of esters is 1. The summed E-state index contributed by atoms with van der Waals surface area (Å²) in [5.74, 6) is -0.485. The van der Waals surface area contributed by atoms with Crippen LogP contribution in [0.4, 0.5) is 0 Å². The molecule has 1 atom stereocenters. The Hall–Kier alpha value is -2.10. The summed E-state index contributed by atoms with van der Waals surface area (Å²) in [6.07, 6.45) is 2.67. The number of cyclic esters (lactones) is 1. The first-order valence-corrected chi connectivity index (χ1v) is 6.48. The summed E-state index contributed by atoms with van der Waals surface area (Å²) in [7, 11) is 0. The first kappa shape index (κ1) is 12.9. The van der Waals surface area contributed by atoms with Gasteiger partial charge in [0.2, 0.25) is 6.29 Å². The van der Waals surface area contributed by atoms with Gasteiger partial charge in [-0.15, -0.1) is 0 Å². The number of rotatable bonds is 2. The zero-order valence-electron chi connectivity index (χ0n) is 10.4. The van der Waals surface area contributed by atoms with Gasteiger partial charge in [0.1, 0.15) is 0 Å². The number of benzene rings is 2. The molecule has 1 unspecified atom stereocenters. The number of hydrogen-bond donors (Lipinski definition) is 1. The van der Waals surface area contributed by atoms with E-state index in [-0.39, 0.29) is 0 Å². The van der Waals surface area contributed by atoms with Crippen molar-refractivity contribution in [2.75, 3.05) is 0 Å². The number of carbonyl (C=O) groups excluding carboxylic acids is 1. The monoisotopic (exact) mass is 286 g/mol. The molecule has 0 fully saturated rings. The van der Waals surface area contributed by atoms with Crippen LogP contribution in [0.5, 0.6) is 0 Å². The second-order valence-corrected chi connectivity index (χ2v) is 4.93. The minimum atomic E-state index is -1.17. The molecule has 100 valence electrons. The van der Waals surface area contributed by atoms with Gasteiger partial charge in [0.15, 0.2) is 0 Å². The van der Waals surface area contributed by atoms with Crippen LogP contribution in [-0.4, -0.2) is 11.1 Å². The highest BCUT2D eigenvalue weighted by atomic mass is 35.5. The number of aliphatic hydroxyl groups is 1. The van der Waals surface area contributed by atoms with Crippen LogP contribution < -0.4 is 0 Å². The maximum absolute atomic E-state index is 11.4. The molecule has 2 aromatic rings. The van der Waals surface area contributed by atoms with Gasteiger partial charge in [0, 0.05) is 10.6 Å². The van der Waals surface area contributed by atoms with E-state index in [1.165, 1.54) is 0 Å². The van der Waals surface area contributed by atoms with Crippen LogP contribution in [0.1, 0.15) is 33.3 Å². The lowest BCUT2D eigenvalue weighted by Gasteiger charge is -2.02. The standard InChI is InChI=1S/C16H11ClO3/c17-12-6-3-10(4-7-12)1-2-11-5-8-13-14(9-11)16(19)20-15(13)18/h1-9,16,19H/b2-1+. The number of ether oxygens (including phenoxy) is 1. The van der Waals surface area contributed by atoms with Gasteiger partial charge < -0.3 is 9.84 Å². The second-order valence-electron chi connectivity index (χ2n) is 4.49. The summed E-state index contributed by atoms with van der Waals surface area (Å²) < 4.78 is 4.74. The van der Waals surface area contributed by atoms with Crippen molar-refractivity contribution in [1.82, 2.24) is 0 Å². The van der Waals surface area contributed by atoms with Crippen molar-refractivity contribution in [2.45, 2.75) is 6.29 Å². The van der Waals surface area contributed by atoms with E-state index in [0.29, 0.717) is 16.1 Å². The van der Waals surface area contributed by atoms with Gasteiger partial charge in [0.05, 0.1) is 5.56 Å². The molecule has 0 amide bonds. The number of halogens is 1. The lowest BCUT2D eigenvalue weighted by atomic mass is 10.0. The van der Waals surface area contributed by atoms with Gasteiger partial charge in [-0.1, -0.05) is 42.0 Å². The molecule has 0 aliphatic carbocycles. The lowest BCUT2D eigenvalue weighted by molar-refractivity contribution is -0.0547. The Kier molecular flexibility index (Phi) is 3.30. The average Bonchev–Trinajstić information content (AvgIpc) is 2.73. The molecule has 3 nitrogen and oxygen atoms in total. The number of aliphatic hydroxyl groups excluding tert-OH is 1. The molecule has 0 aromatic heterocycles. The average molecular weight is 287 g/mol. The second kappa shape index (κ2) is 5.12. The van der Waals surface area contributed by atoms with Gasteiger partial charge in [-0.05, 0) is 35.4 Å². The SMILES string of the molecule is O=C1OC(O)c2cc(/C=C/c3ccc(Cl)cc3)ccc21. The summed E-state index contributed by atoms with van der Waals surface area (Å²) in [6, 6.07) is 12.7. The van der Waals surface area contributed by atoms with Crippen LogP contribution in [0.25, 0.3) is 12.2 Å². The highest BCUT2D eigenvalue weighted by molar-refractivity contribution is 6.30. The van der Waals surface area contributed by atoms with Gasteiger partial charge in [-0.2, -0.15) is 0 Å². The lowest BCUT2D eigenvalue weighted by Crippen LogP contribution is -1.95. The Labute approximate surface area is 121 Å². The fourth-order valence-electron chi connectivity index (χ4n) is 2.07. The first-order valence-electron chi connectivity index (χ1n) is 6.10. The topological polar surface area (TPSA) is 46.5 Å². The molecule has 4 heteroatoms. The fourth-order valence-corrected chi connectivity index (χ4v) is 2.20. The predicted octanol–water partition coefficient (Wildman–Crippen LogP) is 3.67. The summed E-state index contributed by atoms with van der Waals surface area (Å²) in [4.78, 5) is 11.4. The smallest absolute Gasteiger partial charge is 0.341 e. The molecule has 0 spiro atoms. The Balaban J connectivity index is 1.87. The number of carbonyl (C=O) groups is 1. The van der Waals surface area contributed by atoms with Gasteiger partial charge >= 0.3 is 5.97 Å². The van der Waals surface area contributed by atoms with E-state index < -0.39 is 12.3 Å². The Morgan fingerprint density at radius 3 is 2.45 bits per heavy atom. The highest BCUT2D eigenvalue weighted by Gasteiger charge is 2.29. The van der Waals surface area contributed by atoms with Crippen LogP contribution in [-0.2, 0) is 4.74 Å². The molecular formula is C16H11ClO3. The minimum Gasteiger partial charge on any atom is -0.428 e. The number of hydrogen-bond acceptors (Lipinski definition) is 3. The first-order chi connectivity index (χ1) is 9.63. The molecule has 20 heavy (non-hydrogen) atoms. The third-order valence-corrected chi connectivity index (χ3v) is 3.37. The van der Waals surface area contributed by atoms with Crippen LogP contribution in [0, 0.1) is 0 Å². The summed E-state index contributed by atoms with van der Waals surface area (Å²) >= 11 is 5.82. The molecular weight excluding hydrogens is 276 g/mol. The van der Waals surface area contributed by atoms with Crippen molar-refractivity contribution in [1.29, 1.82) is 0 Å². The van der Waals surface area contributed by atoms with Crippen LogP contribution >= 0.6 is 11.6 Å². The molecule has 1 heterocycles. The predicted molar refractivity (Wildman–Crippen MR) is 77.2 cm³/mol. The molecule has 3 rings (SSSR count). The van der Waals surface area contributed by atoms with E-state index in [1.807, 2.05) is 42.5 Å². The van der Waals surface area contributed by atoms with Crippen molar-refractivity contribution >= 4 is 29.7 Å². The van der Waals surface area contributed by atoms with Crippen LogP contribution in [0.2, 0.25) is 5.02 Å². The Bertz CT molecular complexity index is 689. The number of fused-ring (bicyclic) bond motifs is 1. The van der Waals surface area contributed by atoms with E-state index in [1.54, 1.807) is 12.1 Å². The van der Waals surface area contributed by atoms with E-state index >= 15 is 0 Å². The third-order valence-electron chi connectivity index (χ3n) is 3.12. The molecule has 0 saturated heterocycles. The maximum atomic E-state index is 11.4. The quantitative estimate of drug-likeness (QED) is 0.677. The van der Waals surface area contributed by atoms with Crippen molar-refractivity contribution < 1.29 is 14.6 Å². The molecule has 0 radical (unpaired) electrons. The Morgan fingerprint density at radius 2 is 1.70 bits per heavy atom. The summed E-state index contributed by atoms with van der Waals surface area (Å²) in [6.45, 7) is 0. The molecule has 1 aliphatic heterocycles. The zero-order chi connectivity index (χ0) is 14.1. The zero-order valence-corrected chi connectivity index (χ0v) is 11.2.